The van der Waals surface area contributed by atoms with Crippen LogP contribution in [0.1, 0.15) is 0 Å². The highest BCUT2D eigenvalue weighted by atomic mass is 15.0. The molecule has 0 amide bonds. The van der Waals surface area contributed by atoms with Crippen LogP contribution in [-0.4, -0.2) is 29.1 Å². The first-order chi connectivity index (χ1) is 21.8. The molecule has 0 bridgehead atoms. The van der Waals surface area contributed by atoms with Crippen molar-refractivity contribution in [1.29, 1.82) is 0 Å². The van der Waals surface area contributed by atoms with Crippen LogP contribution in [0.3, 0.4) is 0 Å². The van der Waals surface area contributed by atoms with Crippen molar-refractivity contribution in [3.05, 3.63) is 146 Å². The van der Waals surface area contributed by atoms with Crippen molar-refractivity contribution in [2.75, 3.05) is 0 Å². The lowest BCUT2D eigenvalue weighted by Gasteiger charge is -2.13. The van der Waals surface area contributed by atoms with Crippen LogP contribution in [0.15, 0.2) is 146 Å². The molecule has 3 aromatic carbocycles. The Morgan fingerprint density at radius 3 is 1.73 bits per heavy atom. The molecule has 0 atom stereocenters. The summed E-state index contributed by atoms with van der Waals surface area (Å²) in [6.45, 7) is 0. The second-order valence-electron chi connectivity index (χ2n) is 10.8. The monoisotopic (exact) mass is 564 g/mol. The van der Waals surface area contributed by atoms with Crippen molar-refractivity contribution in [2.45, 2.75) is 0 Å². The molecule has 6 nitrogen and oxygen atoms in total. The van der Waals surface area contributed by atoms with Gasteiger partial charge in [0.25, 0.3) is 0 Å². The highest BCUT2D eigenvalue weighted by Crippen LogP contribution is 2.38. The Bertz CT molecular complexity index is 2420. The smallest absolute Gasteiger partial charge is 0.116 e. The fraction of sp³-hybridized carbons (Fsp3) is 0. The van der Waals surface area contributed by atoms with Crippen LogP contribution in [0.4, 0.5) is 0 Å². The molecule has 6 heteroatoms. The molecule has 0 fully saturated rings. The van der Waals surface area contributed by atoms with Gasteiger partial charge in [-0.05, 0) is 78.9 Å². The predicted octanol–water partition coefficient (Wildman–Crippen LogP) is 8.79. The Hall–Kier alpha value is -6.14. The van der Waals surface area contributed by atoms with E-state index in [1.165, 1.54) is 0 Å². The van der Waals surface area contributed by atoms with E-state index in [1.54, 1.807) is 0 Å². The molecule has 6 heterocycles. The number of aromatic nitrogens is 6. The Morgan fingerprint density at radius 1 is 0.386 bits per heavy atom. The summed E-state index contributed by atoms with van der Waals surface area (Å²) in [5, 5.41) is 1.11. The van der Waals surface area contributed by atoms with Gasteiger partial charge in [-0.1, -0.05) is 48.5 Å². The summed E-state index contributed by atoms with van der Waals surface area (Å²) in [6, 6.07) is 43.8. The second kappa shape index (κ2) is 9.71. The maximum absolute atomic E-state index is 5.36. The third-order valence-electron chi connectivity index (χ3n) is 8.23. The highest BCUT2D eigenvalue weighted by Gasteiger charge is 2.21. The molecule has 0 aliphatic heterocycles. The maximum atomic E-state index is 5.36. The summed E-state index contributed by atoms with van der Waals surface area (Å²) in [5.74, 6) is 0. The lowest BCUT2D eigenvalue weighted by Crippen LogP contribution is -1.98. The van der Waals surface area contributed by atoms with Gasteiger partial charge in [-0.25, -0.2) is 4.98 Å². The van der Waals surface area contributed by atoms with Crippen molar-refractivity contribution in [3.63, 3.8) is 0 Å². The zero-order chi connectivity index (χ0) is 29.0. The Labute approximate surface area is 252 Å². The Balaban J connectivity index is 1.41. The van der Waals surface area contributed by atoms with E-state index in [2.05, 4.69) is 98.0 Å². The zero-order valence-electron chi connectivity index (χ0n) is 23.5. The quantitative estimate of drug-likeness (QED) is 0.214. The minimum Gasteiger partial charge on any atom is -0.308 e. The molecule has 206 valence electrons. The summed E-state index contributed by atoms with van der Waals surface area (Å²) in [4.78, 5) is 19.6. The largest absolute Gasteiger partial charge is 0.308 e. The minimum absolute atomic E-state index is 0.864. The van der Waals surface area contributed by atoms with E-state index in [0.717, 1.165) is 77.9 Å². The van der Waals surface area contributed by atoms with Crippen LogP contribution < -0.4 is 0 Å². The zero-order valence-corrected chi connectivity index (χ0v) is 23.5. The van der Waals surface area contributed by atoms with E-state index in [9.17, 15) is 0 Å². The summed E-state index contributed by atoms with van der Waals surface area (Å²) in [6.07, 6.45) is 5.50. The molecule has 0 saturated carbocycles. The average Bonchev–Trinajstić information content (AvgIpc) is 3.60. The molecule has 0 saturated heterocycles. The molecular weight excluding hydrogens is 540 g/mol. The summed E-state index contributed by atoms with van der Waals surface area (Å²) in [7, 11) is 0. The van der Waals surface area contributed by atoms with Gasteiger partial charge in [0, 0.05) is 46.5 Å². The number of para-hydroxylation sites is 2. The van der Waals surface area contributed by atoms with Gasteiger partial charge < -0.3 is 9.13 Å². The number of nitrogens with zero attached hydrogens (tertiary/aromatic N) is 6. The van der Waals surface area contributed by atoms with Gasteiger partial charge in [-0.15, -0.1) is 0 Å². The third-order valence-corrected chi connectivity index (χ3v) is 8.23. The van der Waals surface area contributed by atoms with Gasteiger partial charge in [0.15, 0.2) is 0 Å². The standard InChI is InChI=1S/C38H24N6/c1-2-11-27(12-3-1)43-32-16-5-4-13-29(32)36-34(43)24-35-38(42-36)37-33(17-10-20-41-37)44(35)28-22-25(30-14-6-8-18-39-30)21-26(23-28)31-15-7-9-19-40-31/h1-24H. The van der Waals surface area contributed by atoms with Crippen LogP contribution in [0.25, 0.3) is 77.9 Å². The van der Waals surface area contributed by atoms with Gasteiger partial charge in [0.1, 0.15) is 11.0 Å². The number of fused-ring (bicyclic) bond motifs is 6. The Kier molecular flexibility index (Phi) is 5.40. The molecule has 0 radical (unpaired) electrons. The summed E-state index contributed by atoms with van der Waals surface area (Å²) >= 11 is 0. The van der Waals surface area contributed by atoms with Crippen LogP contribution in [-0.2, 0) is 0 Å². The number of hydrogen-bond acceptors (Lipinski definition) is 4. The third kappa shape index (κ3) is 3.75. The normalized spacial score (nSPS) is 11.6. The van der Waals surface area contributed by atoms with Gasteiger partial charge in [0.05, 0.1) is 39.0 Å². The molecule has 6 aromatic heterocycles. The lowest BCUT2D eigenvalue weighted by molar-refractivity contribution is 1.16. The van der Waals surface area contributed by atoms with E-state index in [0.29, 0.717) is 0 Å². The van der Waals surface area contributed by atoms with Crippen molar-refractivity contribution in [1.82, 2.24) is 29.1 Å². The fourth-order valence-electron chi connectivity index (χ4n) is 6.33. The molecule has 9 rings (SSSR count). The first-order valence-electron chi connectivity index (χ1n) is 14.6. The average molecular weight is 565 g/mol. The van der Waals surface area contributed by atoms with E-state index in [4.69, 9.17) is 9.97 Å². The minimum atomic E-state index is 0.864. The van der Waals surface area contributed by atoms with E-state index in [-0.39, 0.29) is 0 Å². The summed E-state index contributed by atoms with van der Waals surface area (Å²) < 4.78 is 4.58. The maximum Gasteiger partial charge on any atom is 0.116 e. The number of benzene rings is 3. The SMILES string of the molecule is c1ccc(-n2c3ccccc3c3nc4c5ncccc5n(-c5cc(-c6ccccn6)cc(-c6ccccn6)c5)c4cc32)cc1. The predicted molar refractivity (Wildman–Crippen MR) is 177 cm³/mol. The molecule has 0 aliphatic carbocycles. The first-order valence-corrected chi connectivity index (χ1v) is 14.6. The second-order valence-corrected chi connectivity index (χ2v) is 10.8. The Morgan fingerprint density at radius 2 is 1.00 bits per heavy atom. The van der Waals surface area contributed by atoms with Crippen LogP contribution >= 0.6 is 0 Å². The number of pyridine rings is 4. The van der Waals surface area contributed by atoms with Crippen molar-refractivity contribution in [3.8, 4) is 33.9 Å². The molecule has 0 N–H and O–H groups in total. The summed E-state index contributed by atoms with van der Waals surface area (Å²) in [5.41, 5.74) is 12.7. The van der Waals surface area contributed by atoms with Crippen LogP contribution in [0, 0.1) is 0 Å². The van der Waals surface area contributed by atoms with Crippen molar-refractivity contribution in [2.24, 2.45) is 0 Å². The molecular formula is C38H24N6. The number of rotatable bonds is 4. The van der Waals surface area contributed by atoms with Gasteiger partial charge >= 0.3 is 0 Å². The van der Waals surface area contributed by atoms with E-state index >= 15 is 0 Å². The molecule has 44 heavy (non-hydrogen) atoms. The van der Waals surface area contributed by atoms with Gasteiger partial charge in [-0.3, -0.25) is 15.0 Å². The van der Waals surface area contributed by atoms with Crippen molar-refractivity contribution < 1.29 is 0 Å². The molecule has 0 spiro atoms. The fourth-order valence-corrected chi connectivity index (χ4v) is 6.33. The highest BCUT2D eigenvalue weighted by molar-refractivity contribution is 6.14. The van der Waals surface area contributed by atoms with Gasteiger partial charge in [0.2, 0.25) is 0 Å². The topological polar surface area (TPSA) is 61.4 Å². The van der Waals surface area contributed by atoms with Crippen molar-refractivity contribution >= 4 is 44.0 Å². The first kappa shape index (κ1) is 24.5. The molecule has 9 aromatic rings. The van der Waals surface area contributed by atoms with E-state index in [1.807, 2.05) is 67.1 Å². The molecule has 0 unspecified atom stereocenters. The van der Waals surface area contributed by atoms with Crippen LogP contribution in [0.2, 0.25) is 0 Å². The lowest BCUT2D eigenvalue weighted by atomic mass is 10.0. The van der Waals surface area contributed by atoms with E-state index < -0.39 is 0 Å². The van der Waals surface area contributed by atoms with Gasteiger partial charge in [-0.2, -0.15) is 0 Å². The molecule has 0 aliphatic rings. The van der Waals surface area contributed by atoms with Crippen LogP contribution in [0.5, 0.6) is 0 Å². The number of hydrogen-bond donors (Lipinski definition) is 0.